The molecule has 21 heavy (non-hydrogen) atoms. The van der Waals surface area contributed by atoms with Crippen LogP contribution in [-0.2, 0) is 0 Å². The van der Waals surface area contributed by atoms with Gasteiger partial charge in [0.2, 0.25) is 0 Å². The Morgan fingerprint density at radius 3 is 1.38 bits per heavy atom. The van der Waals surface area contributed by atoms with Crippen LogP contribution >= 0.6 is 0 Å². The van der Waals surface area contributed by atoms with Crippen LogP contribution < -0.4 is 0 Å². The zero-order valence-corrected chi connectivity index (χ0v) is 15.1. The second kappa shape index (κ2) is 11.5. The normalized spacial score (nSPS) is 15.1. The molecule has 0 saturated carbocycles. The van der Waals surface area contributed by atoms with Gasteiger partial charge in [-0.1, -0.05) is 77.6 Å². The molecule has 0 aliphatic heterocycles. The van der Waals surface area contributed by atoms with E-state index >= 15 is 0 Å². The lowest BCUT2D eigenvalue weighted by molar-refractivity contribution is -0.0409. The van der Waals surface area contributed by atoms with Gasteiger partial charge in [0.25, 0.3) is 0 Å². The number of hydrogen-bond acceptors (Lipinski definition) is 2. The summed E-state index contributed by atoms with van der Waals surface area (Å²) in [6.45, 7) is 7.64. The largest absolute Gasteiger partial charge is 0.390 e. The van der Waals surface area contributed by atoms with Crippen LogP contribution in [-0.4, -0.2) is 21.4 Å². The molecule has 1 atom stereocenters. The number of aliphatic hydroxyl groups is 2. The molecule has 0 aliphatic carbocycles. The fraction of sp³-hybridized carbons (Fsp3) is 1.00. The predicted molar refractivity (Wildman–Crippen MR) is 92.6 cm³/mol. The first-order chi connectivity index (χ1) is 9.77. The van der Waals surface area contributed by atoms with Crippen LogP contribution in [0.4, 0.5) is 0 Å². The summed E-state index contributed by atoms with van der Waals surface area (Å²) < 4.78 is 0. The Kier molecular flexibility index (Phi) is 11.4. The average molecular weight is 301 g/mol. The summed E-state index contributed by atoms with van der Waals surface area (Å²) in [5.41, 5.74) is -1.50. The Morgan fingerprint density at radius 1 is 0.619 bits per heavy atom. The fourth-order valence-electron chi connectivity index (χ4n) is 3.19. The highest BCUT2D eigenvalue weighted by Gasteiger charge is 2.28. The Labute approximate surface area is 133 Å². The van der Waals surface area contributed by atoms with Crippen molar-refractivity contribution in [2.75, 3.05) is 0 Å². The lowest BCUT2D eigenvalue weighted by atomic mass is 9.87. The first-order valence-corrected chi connectivity index (χ1v) is 9.21. The summed E-state index contributed by atoms with van der Waals surface area (Å²) in [7, 11) is 0. The summed E-state index contributed by atoms with van der Waals surface area (Å²) >= 11 is 0. The summed E-state index contributed by atoms with van der Waals surface area (Å²) in [5, 5.41) is 20.0. The average Bonchev–Trinajstić information content (AvgIpc) is 2.33. The molecule has 0 aromatic heterocycles. The van der Waals surface area contributed by atoms with Crippen LogP contribution in [0, 0.1) is 0 Å². The van der Waals surface area contributed by atoms with Gasteiger partial charge in [-0.3, -0.25) is 0 Å². The summed E-state index contributed by atoms with van der Waals surface area (Å²) in [5.74, 6) is 0. The van der Waals surface area contributed by atoms with E-state index in [1.54, 1.807) is 13.8 Å². The molecule has 2 nitrogen and oxygen atoms in total. The van der Waals surface area contributed by atoms with Crippen molar-refractivity contribution in [3.05, 3.63) is 0 Å². The molecule has 2 N–H and O–H groups in total. The molecule has 0 saturated heterocycles. The minimum atomic E-state index is -0.777. The minimum Gasteiger partial charge on any atom is -0.390 e. The molecule has 2 heteroatoms. The van der Waals surface area contributed by atoms with Crippen molar-refractivity contribution >= 4 is 0 Å². The maximum absolute atomic E-state index is 10.2. The molecule has 0 heterocycles. The monoisotopic (exact) mass is 300 g/mol. The molecule has 0 bridgehead atoms. The van der Waals surface area contributed by atoms with Gasteiger partial charge in [0, 0.05) is 6.42 Å². The van der Waals surface area contributed by atoms with Crippen LogP contribution in [0.2, 0.25) is 0 Å². The van der Waals surface area contributed by atoms with Crippen molar-refractivity contribution in [2.24, 2.45) is 0 Å². The van der Waals surface area contributed by atoms with E-state index in [0.717, 1.165) is 12.8 Å². The van der Waals surface area contributed by atoms with Crippen LogP contribution in [0.1, 0.15) is 111 Å². The van der Waals surface area contributed by atoms with Gasteiger partial charge < -0.3 is 10.2 Å². The van der Waals surface area contributed by atoms with Gasteiger partial charge in [-0.2, -0.15) is 0 Å². The smallest absolute Gasteiger partial charge is 0.0646 e. The maximum Gasteiger partial charge on any atom is 0.0646 e. The van der Waals surface area contributed by atoms with Gasteiger partial charge in [-0.25, -0.2) is 0 Å². The highest BCUT2D eigenvalue weighted by atomic mass is 16.3. The molecular formula is C19H40O2. The van der Waals surface area contributed by atoms with Crippen molar-refractivity contribution in [1.29, 1.82) is 0 Å². The SMILES string of the molecule is CCCCCCCCCCCCCC(C)(O)CC(C)(C)O. The molecule has 0 spiro atoms. The van der Waals surface area contributed by atoms with Gasteiger partial charge >= 0.3 is 0 Å². The molecule has 0 aromatic carbocycles. The third-order valence-corrected chi connectivity index (χ3v) is 4.13. The second-order valence-corrected chi connectivity index (χ2v) is 7.77. The van der Waals surface area contributed by atoms with Crippen molar-refractivity contribution in [2.45, 2.75) is 122 Å². The van der Waals surface area contributed by atoms with Crippen LogP contribution in [0.5, 0.6) is 0 Å². The standard InChI is InChI=1S/C19H40O2/c1-5-6-7-8-9-10-11-12-13-14-15-16-19(4,21)17-18(2,3)20/h20-21H,5-17H2,1-4H3. The highest BCUT2D eigenvalue weighted by Crippen LogP contribution is 2.25. The van der Waals surface area contributed by atoms with Crippen LogP contribution in [0.3, 0.4) is 0 Å². The molecule has 0 radical (unpaired) electrons. The van der Waals surface area contributed by atoms with E-state index in [1.807, 2.05) is 6.92 Å². The maximum atomic E-state index is 10.2. The molecule has 0 fully saturated rings. The zero-order chi connectivity index (χ0) is 16.2. The summed E-state index contributed by atoms with van der Waals surface area (Å²) in [4.78, 5) is 0. The Hall–Kier alpha value is -0.0800. The molecular weight excluding hydrogens is 260 g/mol. The first-order valence-electron chi connectivity index (χ1n) is 9.21. The number of hydrogen-bond donors (Lipinski definition) is 2. The Morgan fingerprint density at radius 2 is 1.00 bits per heavy atom. The van der Waals surface area contributed by atoms with E-state index < -0.39 is 11.2 Å². The van der Waals surface area contributed by atoms with E-state index in [-0.39, 0.29) is 0 Å². The third kappa shape index (κ3) is 16.1. The Bertz CT molecular complexity index is 228. The Balaban J connectivity index is 3.36. The van der Waals surface area contributed by atoms with Crippen molar-refractivity contribution in [1.82, 2.24) is 0 Å². The number of rotatable bonds is 14. The second-order valence-electron chi connectivity index (χ2n) is 7.77. The van der Waals surface area contributed by atoms with Gasteiger partial charge in [0.1, 0.15) is 0 Å². The van der Waals surface area contributed by atoms with Gasteiger partial charge in [0.05, 0.1) is 11.2 Å². The van der Waals surface area contributed by atoms with E-state index in [4.69, 9.17) is 0 Å². The summed E-state index contributed by atoms with van der Waals surface area (Å²) in [6.07, 6.45) is 15.9. The topological polar surface area (TPSA) is 40.5 Å². The van der Waals surface area contributed by atoms with E-state index in [2.05, 4.69) is 6.92 Å². The van der Waals surface area contributed by atoms with Gasteiger partial charge in [0.15, 0.2) is 0 Å². The van der Waals surface area contributed by atoms with Gasteiger partial charge in [-0.05, 0) is 27.2 Å². The predicted octanol–water partition coefficient (Wildman–Crippen LogP) is 5.60. The first kappa shape index (κ1) is 20.9. The zero-order valence-electron chi connectivity index (χ0n) is 15.1. The van der Waals surface area contributed by atoms with Crippen molar-refractivity contribution < 1.29 is 10.2 Å². The molecule has 128 valence electrons. The minimum absolute atomic E-state index is 0.456. The molecule has 1 unspecified atom stereocenters. The molecule has 0 aliphatic rings. The summed E-state index contributed by atoms with van der Waals surface area (Å²) in [6, 6.07) is 0. The van der Waals surface area contributed by atoms with E-state index in [9.17, 15) is 10.2 Å². The van der Waals surface area contributed by atoms with Crippen molar-refractivity contribution in [3.8, 4) is 0 Å². The van der Waals surface area contributed by atoms with Crippen molar-refractivity contribution in [3.63, 3.8) is 0 Å². The molecule has 0 aromatic rings. The quantitative estimate of drug-likeness (QED) is 0.410. The van der Waals surface area contributed by atoms with E-state index in [0.29, 0.717) is 6.42 Å². The number of unbranched alkanes of at least 4 members (excludes halogenated alkanes) is 10. The molecule has 0 rings (SSSR count). The van der Waals surface area contributed by atoms with Crippen LogP contribution in [0.25, 0.3) is 0 Å². The lowest BCUT2D eigenvalue weighted by Gasteiger charge is -2.30. The highest BCUT2D eigenvalue weighted by molar-refractivity contribution is 4.81. The van der Waals surface area contributed by atoms with Gasteiger partial charge in [-0.15, -0.1) is 0 Å². The lowest BCUT2D eigenvalue weighted by Crippen LogP contribution is -2.35. The fourth-order valence-corrected chi connectivity index (χ4v) is 3.19. The third-order valence-electron chi connectivity index (χ3n) is 4.13. The molecule has 0 amide bonds. The van der Waals surface area contributed by atoms with E-state index in [1.165, 1.54) is 64.2 Å². The van der Waals surface area contributed by atoms with Crippen LogP contribution in [0.15, 0.2) is 0 Å².